The number of nitro benzene ring substituents is 1. The van der Waals surface area contributed by atoms with Crippen LogP contribution in [0.1, 0.15) is 18.9 Å². The average Bonchev–Trinajstić information content (AvgIpc) is 2.82. The van der Waals surface area contributed by atoms with E-state index in [1.807, 2.05) is 4.90 Å². The number of anilines is 1. The van der Waals surface area contributed by atoms with Gasteiger partial charge >= 0.3 is 0 Å². The molecule has 1 fully saturated rings. The third kappa shape index (κ3) is 2.28. The molecule has 1 saturated heterocycles. The largest absolute Gasteiger partial charge is 0.370 e. The quantitative estimate of drug-likeness (QED) is 0.656. The number of nitriles is 1. The highest BCUT2D eigenvalue weighted by Crippen LogP contribution is 2.34. The lowest BCUT2D eigenvalue weighted by Gasteiger charge is -2.22. The van der Waals surface area contributed by atoms with Crippen molar-refractivity contribution in [2.24, 2.45) is 11.1 Å². The van der Waals surface area contributed by atoms with Crippen LogP contribution in [0.15, 0.2) is 18.2 Å². The van der Waals surface area contributed by atoms with Crippen molar-refractivity contribution >= 4 is 17.3 Å². The average molecular weight is 274 g/mol. The lowest BCUT2D eigenvalue weighted by molar-refractivity contribution is -0.385. The van der Waals surface area contributed by atoms with E-state index in [1.54, 1.807) is 19.1 Å². The van der Waals surface area contributed by atoms with E-state index in [0.717, 1.165) is 0 Å². The Kier molecular flexibility index (Phi) is 3.32. The molecule has 1 aliphatic heterocycles. The van der Waals surface area contributed by atoms with Gasteiger partial charge in [-0.2, -0.15) is 5.26 Å². The van der Waals surface area contributed by atoms with E-state index in [0.29, 0.717) is 25.2 Å². The van der Waals surface area contributed by atoms with Gasteiger partial charge in [-0.25, -0.2) is 0 Å². The van der Waals surface area contributed by atoms with Crippen molar-refractivity contribution in [3.63, 3.8) is 0 Å². The van der Waals surface area contributed by atoms with Gasteiger partial charge < -0.3 is 10.6 Å². The first kappa shape index (κ1) is 13.8. The first-order chi connectivity index (χ1) is 9.37. The first-order valence-electron chi connectivity index (χ1n) is 6.11. The number of nitrogens with zero attached hydrogens (tertiary/aromatic N) is 3. The van der Waals surface area contributed by atoms with Crippen molar-refractivity contribution in [1.82, 2.24) is 0 Å². The number of hydrogen-bond acceptors (Lipinski definition) is 5. The maximum atomic E-state index is 11.4. The van der Waals surface area contributed by atoms with Crippen molar-refractivity contribution < 1.29 is 9.72 Å². The number of carbonyl (C=O) groups is 1. The molecule has 1 aromatic carbocycles. The number of amides is 1. The molecular weight excluding hydrogens is 260 g/mol. The zero-order valence-electron chi connectivity index (χ0n) is 11.0. The van der Waals surface area contributed by atoms with Gasteiger partial charge in [0.25, 0.3) is 5.69 Å². The van der Waals surface area contributed by atoms with Crippen molar-refractivity contribution in [2.45, 2.75) is 13.3 Å². The van der Waals surface area contributed by atoms with Crippen LogP contribution in [0.2, 0.25) is 0 Å². The van der Waals surface area contributed by atoms with Crippen LogP contribution < -0.4 is 10.6 Å². The van der Waals surface area contributed by atoms with E-state index in [2.05, 4.69) is 0 Å². The summed E-state index contributed by atoms with van der Waals surface area (Å²) in [4.78, 5) is 23.7. The van der Waals surface area contributed by atoms with Gasteiger partial charge in [0.05, 0.1) is 10.3 Å². The Morgan fingerprint density at radius 1 is 1.60 bits per heavy atom. The molecule has 0 aromatic heterocycles. The van der Waals surface area contributed by atoms with Gasteiger partial charge in [0.2, 0.25) is 5.91 Å². The molecule has 2 rings (SSSR count). The molecule has 104 valence electrons. The van der Waals surface area contributed by atoms with Crippen LogP contribution in [-0.4, -0.2) is 23.9 Å². The number of benzene rings is 1. The number of hydrogen-bond donors (Lipinski definition) is 1. The van der Waals surface area contributed by atoms with Crippen molar-refractivity contribution in [1.29, 1.82) is 5.26 Å². The highest BCUT2D eigenvalue weighted by molar-refractivity contribution is 5.82. The molecule has 1 atom stereocenters. The standard InChI is InChI=1S/C13H14N4O3/c1-13(12(15)18)4-5-16(8-13)10-3-2-9(7-14)11(6-10)17(19)20/h2-3,6H,4-5,8H2,1H3,(H2,15,18). The predicted molar refractivity (Wildman–Crippen MR) is 71.9 cm³/mol. The maximum absolute atomic E-state index is 11.4. The molecular formula is C13H14N4O3. The number of rotatable bonds is 3. The number of nitrogens with two attached hydrogens (primary N) is 1. The van der Waals surface area contributed by atoms with Crippen LogP contribution in [0.25, 0.3) is 0 Å². The van der Waals surface area contributed by atoms with Gasteiger partial charge in [0.15, 0.2) is 0 Å². The first-order valence-corrected chi connectivity index (χ1v) is 6.11. The van der Waals surface area contributed by atoms with Crippen LogP contribution >= 0.6 is 0 Å². The van der Waals surface area contributed by atoms with E-state index in [1.165, 1.54) is 12.1 Å². The van der Waals surface area contributed by atoms with Crippen LogP contribution in [-0.2, 0) is 4.79 Å². The molecule has 7 heteroatoms. The monoisotopic (exact) mass is 274 g/mol. The normalized spacial score (nSPS) is 21.5. The molecule has 1 amide bonds. The third-order valence-electron chi connectivity index (χ3n) is 3.73. The summed E-state index contributed by atoms with van der Waals surface area (Å²) in [6, 6.07) is 6.24. The molecule has 1 unspecified atom stereocenters. The Hall–Kier alpha value is -2.62. The highest BCUT2D eigenvalue weighted by Gasteiger charge is 2.39. The van der Waals surface area contributed by atoms with Gasteiger partial charge in [-0.05, 0) is 25.5 Å². The van der Waals surface area contributed by atoms with Gasteiger partial charge in [-0.15, -0.1) is 0 Å². The van der Waals surface area contributed by atoms with E-state index in [-0.39, 0.29) is 17.2 Å². The number of carbonyl (C=O) groups excluding carboxylic acids is 1. The third-order valence-corrected chi connectivity index (χ3v) is 3.73. The van der Waals surface area contributed by atoms with E-state index >= 15 is 0 Å². The van der Waals surface area contributed by atoms with E-state index in [4.69, 9.17) is 11.0 Å². The summed E-state index contributed by atoms with van der Waals surface area (Å²) in [6.45, 7) is 2.81. The molecule has 2 N–H and O–H groups in total. The summed E-state index contributed by atoms with van der Waals surface area (Å²) in [5, 5.41) is 19.8. The summed E-state index contributed by atoms with van der Waals surface area (Å²) in [6.07, 6.45) is 0.607. The zero-order valence-corrected chi connectivity index (χ0v) is 11.0. The van der Waals surface area contributed by atoms with Gasteiger partial charge in [0.1, 0.15) is 11.6 Å². The minimum absolute atomic E-state index is 0.0237. The van der Waals surface area contributed by atoms with Gasteiger partial charge in [-0.1, -0.05) is 0 Å². The Morgan fingerprint density at radius 3 is 2.80 bits per heavy atom. The minimum Gasteiger partial charge on any atom is -0.370 e. The predicted octanol–water partition coefficient (Wildman–Crippen LogP) is 1.17. The van der Waals surface area contributed by atoms with Gasteiger partial charge in [-0.3, -0.25) is 14.9 Å². The van der Waals surface area contributed by atoms with Crippen molar-refractivity contribution in [3.05, 3.63) is 33.9 Å². The van der Waals surface area contributed by atoms with Crippen LogP contribution in [0.3, 0.4) is 0 Å². The Labute approximate surface area is 115 Å². The van der Waals surface area contributed by atoms with E-state index < -0.39 is 10.3 Å². The summed E-state index contributed by atoms with van der Waals surface area (Å²) < 4.78 is 0. The SMILES string of the molecule is CC1(C(N)=O)CCN(c2ccc(C#N)c([N+](=O)[O-])c2)C1. The minimum atomic E-state index is -0.622. The van der Waals surface area contributed by atoms with Crippen LogP contribution in [0.4, 0.5) is 11.4 Å². The fraction of sp³-hybridized carbons (Fsp3) is 0.385. The molecule has 0 radical (unpaired) electrons. The van der Waals surface area contributed by atoms with Crippen molar-refractivity contribution in [2.75, 3.05) is 18.0 Å². The maximum Gasteiger partial charge on any atom is 0.289 e. The second-order valence-electron chi connectivity index (χ2n) is 5.17. The van der Waals surface area contributed by atoms with Crippen molar-refractivity contribution in [3.8, 4) is 6.07 Å². The number of nitro groups is 1. The second kappa shape index (κ2) is 4.81. The van der Waals surface area contributed by atoms with Gasteiger partial charge in [0, 0.05) is 24.8 Å². The lowest BCUT2D eigenvalue weighted by atomic mass is 9.89. The molecule has 0 bridgehead atoms. The molecule has 1 aliphatic rings. The zero-order chi connectivity index (χ0) is 14.9. The van der Waals surface area contributed by atoms with Crippen LogP contribution in [0, 0.1) is 26.9 Å². The topological polar surface area (TPSA) is 113 Å². The fourth-order valence-corrected chi connectivity index (χ4v) is 2.34. The molecule has 1 heterocycles. The summed E-state index contributed by atoms with van der Waals surface area (Å²) in [7, 11) is 0. The molecule has 0 aliphatic carbocycles. The number of primary amides is 1. The molecule has 7 nitrogen and oxygen atoms in total. The smallest absolute Gasteiger partial charge is 0.289 e. The van der Waals surface area contributed by atoms with E-state index in [9.17, 15) is 14.9 Å². The second-order valence-corrected chi connectivity index (χ2v) is 5.17. The molecule has 0 spiro atoms. The summed E-state index contributed by atoms with van der Waals surface area (Å²) in [5.41, 5.74) is 5.18. The molecule has 1 aromatic rings. The Morgan fingerprint density at radius 2 is 2.30 bits per heavy atom. The summed E-state index contributed by atoms with van der Waals surface area (Å²) >= 11 is 0. The fourth-order valence-electron chi connectivity index (χ4n) is 2.34. The Balaban J connectivity index is 2.32. The lowest BCUT2D eigenvalue weighted by Crippen LogP contribution is -2.37. The molecule has 0 saturated carbocycles. The summed E-state index contributed by atoms with van der Waals surface area (Å²) in [5.74, 6) is -0.372. The Bertz CT molecular complexity index is 623. The van der Waals surface area contributed by atoms with Crippen LogP contribution in [0.5, 0.6) is 0 Å². The molecule has 20 heavy (non-hydrogen) atoms. The highest BCUT2D eigenvalue weighted by atomic mass is 16.6.